The maximum atomic E-state index is 13.1. The van der Waals surface area contributed by atoms with Crippen molar-refractivity contribution in [3.8, 4) is 0 Å². The van der Waals surface area contributed by atoms with Gasteiger partial charge in [0.1, 0.15) is 19.3 Å². The standard InChI is InChI=1S/C85H136O17P2/c1-5-9-13-17-21-25-29-33-37-38-39-40-44-46-50-54-58-62-66-70-83(88)96-76-81(102-85(90)72-68-64-60-56-52-48-43-36-32-28-24-20-16-12-8-4)78-100-104(93,94)98-74-79(86)73-97-103(91,92)99-77-80(101-84(89)71-67-63-59-55-51-47-42-35-31-27-23-19-15-11-7-3)75-95-82(87)69-65-61-57-53-49-45-41-34-30-26-22-18-14-10-6-2/h9-16,21-28,33-37,39-43,49,52-53,56,79-81,86H,5-8,17-20,29-32,38,44-48,50-51,54-55,57-78H2,1-4H3,(H,91,92)(H,93,94)/b13-9-,14-10-,15-11-,16-12-,25-21-,26-22-,27-23-,28-24-,37-33-,40-39-,41-34-,42-35-,43-36-,53-49-,56-52-. The van der Waals surface area contributed by atoms with Gasteiger partial charge in [0.05, 0.1) is 26.4 Å². The minimum atomic E-state index is -5.00. The summed E-state index contributed by atoms with van der Waals surface area (Å²) in [6.45, 7) is 4.26. The van der Waals surface area contributed by atoms with Crippen LogP contribution in [-0.4, -0.2) is 96.7 Å². The number of aliphatic hydroxyl groups is 1. The Hall–Kier alpha value is -5.84. The quantitative estimate of drug-likeness (QED) is 0.0169. The van der Waals surface area contributed by atoms with Gasteiger partial charge in [0.15, 0.2) is 12.2 Å². The summed E-state index contributed by atoms with van der Waals surface area (Å²) in [4.78, 5) is 73.0. The van der Waals surface area contributed by atoms with Crippen LogP contribution in [0.5, 0.6) is 0 Å². The van der Waals surface area contributed by atoms with Gasteiger partial charge < -0.3 is 33.8 Å². The monoisotopic (exact) mass is 1490 g/mol. The van der Waals surface area contributed by atoms with Crippen molar-refractivity contribution in [2.24, 2.45) is 0 Å². The van der Waals surface area contributed by atoms with Crippen LogP contribution in [0.1, 0.15) is 272 Å². The minimum absolute atomic E-state index is 0.0310. The lowest BCUT2D eigenvalue weighted by Crippen LogP contribution is -2.30. The Bertz CT molecular complexity index is 2690. The van der Waals surface area contributed by atoms with E-state index in [9.17, 15) is 43.2 Å². The Morgan fingerprint density at radius 2 is 0.471 bits per heavy atom. The molecule has 3 N–H and O–H groups in total. The summed E-state index contributed by atoms with van der Waals surface area (Å²) >= 11 is 0. The van der Waals surface area contributed by atoms with Crippen molar-refractivity contribution in [1.29, 1.82) is 0 Å². The molecule has 0 fully saturated rings. The number of allylic oxidation sites excluding steroid dienone is 30. The van der Waals surface area contributed by atoms with Gasteiger partial charge in [0.2, 0.25) is 0 Å². The molecule has 588 valence electrons. The first-order chi connectivity index (χ1) is 50.7. The first-order valence-corrected chi connectivity index (χ1v) is 42.0. The van der Waals surface area contributed by atoms with E-state index in [2.05, 4.69) is 210 Å². The molecule has 0 spiro atoms. The summed E-state index contributed by atoms with van der Waals surface area (Å²) in [5.74, 6) is -2.32. The van der Waals surface area contributed by atoms with E-state index < -0.39 is 97.5 Å². The molecule has 0 rings (SSSR count). The molecule has 104 heavy (non-hydrogen) atoms. The molecule has 0 aliphatic rings. The van der Waals surface area contributed by atoms with Crippen LogP contribution in [0.15, 0.2) is 182 Å². The molecule has 0 saturated carbocycles. The van der Waals surface area contributed by atoms with Crippen LogP contribution in [0.3, 0.4) is 0 Å². The van der Waals surface area contributed by atoms with E-state index in [1.54, 1.807) is 0 Å². The number of unbranched alkanes of at least 4 members (excludes halogenated alkanes) is 15. The highest BCUT2D eigenvalue weighted by molar-refractivity contribution is 7.47. The van der Waals surface area contributed by atoms with Crippen LogP contribution < -0.4 is 0 Å². The van der Waals surface area contributed by atoms with Crippen molar-refractivity contribution in [3.63, 3.8) is 0 Å². The van der Waals surface area contributed by atoms with Crippen molar-refractivity contribution in [2.75, 3.05) is 39.6 Å². The zero-order chi connectivity index (χ0) is 76.0. The number of ether oxygens (including phenoxy) is 4. The summed E-state index contributed by atoms with van der Waals surface area (Å²) in [7, 11) is -10.0. The van der Waals surface area contributed by atoms with Gasteiger partial charge in [-0.3, -0.25) is 37.3 Å². The molecule has 0 aromatic carbocycles. The number of carbonyl (C=O) groups is 4. The van der Waals surface area contributed by atoms with Crippen LogP contribution >= 0.6 is 15.6 Å². The second-order valence-electron chi connectivity index (χ2n) is 25.1. The van der Waals surface area contributed by atoms with Crippen molar-refractivity contribution in [2.45, 2.75) is 290 Å². The molecule has 0 bridgehead atoms. The SMILES string of the molecule is CC/C=C\C/C=C\C/C=C\C/C=C\CCCCCCCCC(=O)OCC(COP(=O)(O)OCC(O)COP(=O)(O)OCC(COC(=O)CCCC/C=C\C/C=C\C/C=C\C/C=C\CC)OC(=O)CCCCCCC/C=C\C/C=C\C/C=C\CC)OC(=O)CCCC/C=C\C/C=C\C/C=C\C/C=C\CC. The predicted molar refractivity (Wildman–Crippen MR) is 426 cm³/mol. The van der Waals surface area contributed by atoms with Gasteiger partial charge in [-0.1, -0.05) is 255 Å². The number of rotatable bonds is 71. The van der Waals surface area contributed by atoms with Crippen LogP contribution in [-0.2, 0) is 65.4 Å². The largest absolute Gasteiger partial charge is 0.472 e. The molecule has 5 unspecified atom stereocenters. The highest BCUT2D eigenvalue weighted by Crippen LogP contribution is 2.45. The molecule has 0 amide bonds. The van der Waals surface area contributed by atoms with Crippen LogP contribution in [0.2, 0.25) is 0 Å². The Balaban J connectivity index is 5.47. The topological polar surface area (TPSA) is 237 Å². The molecule has 17 nitrogen and oxygen atoms in total. The molecule has 0 aromatic heterocycles. The number of phosphoric acid groups is 2. The maximum Gasteiger partial charge on any atom is 0.472 e. The number of esters is 4. The number of aliphatic hydroxyl groups excluding tert-OH is 1. The molecule has 0 aliphatic carbocycles. The van der Waals surface area contributed by atoms with E-state index in [1.807, 2.05) is 0 Å². The lowest BCUT2D eigenvalue weighted by Gasteiger charge is -2.21. The first kappa shape index (κ1) is 98.2. The fraction of sp³-hybridized carbons (Fsp3) is 0.600. The zero-order valence-electron chi connectivity index (χ0n) is 64.1. The second-order valence-corrected chi connectivity index (χ2v) is 28.0. The second kappa shape index (κ2) is 75.4. The smallest absolute Gasteiger partial charge is 0.462 e. The normalized spacial score (nSPS) is 14.9. The van der Waals surface area contributed by atoms with Crippen LogP contribution in [0.4, 0.5) is 0 Å². The molecule has 0 aliphatic heterocycles. The number of phosphoric ester groups is 2. The van der Waals surface area contributed by atoms with Gasteiger partial charge >= 0.3 is 39.5 Å². The van der Waals surface area contributed by atoms with Gasteiger partial charge in [-0.05, 0) is 173 Å². The molecule has 0 radical (unpaired) electrons. The Morgan fingerprint density at radius 1 is 0.269 bits per heavy atom. The average Bonchev–Trinajstić information content (AvgIpc) is 0.918. The fourth-order valence-corrected chi connectivity index (χ4v) is 11.1. The average molecular weight is 1490 g/mol. The Kier molecular flexibility index (Phi) is 71.2. The van der Waals surface area contributed by atoms with E-state index in [4.69, 9.17) is 37.0 Å². The van der Waals surface area contributed by atoms with Crippen molar-refractivity contribution >= 4 is 39.5 Å². The molecule has 5 atom stereocenters. The number of hydrogen-bond acceptors (Lipinski definition) is 15. The number of carbonyl (C=O) groups excluding carboxylic acids is 4. The Labute approximate surface area is 628 Å². The summed E-state index contributed by atoms with van der Waals surface area (Å²) in [6.07, 6.45) is 90.3. The van der Waals surface area contributed by atoms with E-state index >= 15 is 0 Å². The van der Waals surface area contributed by atoms with Gasteiger partial charge in [0.25, 0.3) is 0 Å². The maximum absolute atomic E-state index is 13.1. The van der Waals surface area contributed by atoms with Gasteiger partial charge in [-0.15, -0.1) is 0 Å². The van der Waals surface area contributed by atoms with E-state index in [0.29, 0.717) is 32.1 Å². The lowest BCUT2D eigenvalue weighted by atomic mass is 10.1. The molecule has 0 heterocycles. The summed E-state index contributed by atoms with van der Waals surface area (Å²) in [6, 6.07) is 0. The van der Waals surface area contributed by atoms with Crippen molar-refractivity contribution in [1.82, 2.24) is 0 Å². The minimum Gasteiger partial charge on any atom is -0.462 e. The summed E-state index contributed by atoms with van der Waals surface area (Å²) in [5.41, 5.74) is 0. The zero-order valence-corrected chi connectivity index (χ0v) is 65.9. The lowest BCUT2D eigenvalue weighted by molar-refractivity contribution is -0.161. The summed E-state index contributed by atoms with van der Waals surface area (Å²) in [5, 5.41) is 10.6. The van der Waals surface area contributed by atoms with E-state index in [1.165, 1.54) is 0 Å². The van der Waals surface area contributed by atoms with E-state index in [0.717, 1.165) is 186 Å². The van der Waals surface area contributed by atoms with Crippen LogP contribution in [0, 0.1) is 0 Å². The van der Waals surface area contributed by atoms with Gasteiger partial charge in [0, 0.05) is 25.7 Å². The molecule has 0 aromatic rings. The van der Waals surface area contributed by atoms with Gasteiger partial charge in [-0.2, -0.15) is 0 Å². The number of hydrogen-bond donors (Lipinski definition) is 3. The highest BCUT2D eigenvalue weighted by atomic mass is 31.2. The first-order valence-electron chi connectivity index (χ1n) is 39.0. The molecule has 19 heteroatoms. The molecule has 0 saturated heterocycles. The molecular formula is C85H136O17P2. The summed E-state index contributed by atoms with van der Waals surface area (Å²) < 4.78 is 68.5. The van der Waals surface area contributed by atoms with E-state index in [-0.39, 0.29) is 25.7 Å². The Morgan fingerprint density at radius 3 is 0.740 bits per heavy atom. The third-order valence-electron chi connectivity index (χ3n) is 15.4. The van der Waals surface area contributed by atoms with Crippen molar-refractivity contribution in [3.05, 3.63) is 182 Å². The van der Waals surface area contributed by atoms with Crippen LogP contribution in [0.25, 0.3) is 0 Å². The van der Waals surface area contributed by atoms with Crippen molar-refractivity contribution < 1.29 is 80.2 Å². The predicted octanol–water partition coefficient (Wildman–Crippen LogP) is 22.8. The molecular weight excluding hydrogens is 1350 g/mol. The fourth-order valence-electron chi connectivity index (χ4n) is 9.56. The third kappa shape index (κ3) is 74.4. The highest BCUT2D eigenvalue weighted by Gasteiger charge is 2.30. The van der Waals surface area contributed by atoms with Gasteiger partial charge in [-0.25, -0.2) is 9.13 Å². The third-order valence-corrected chi connectivity index (χ3v) is 17.3.